The summed E-state index contributed by atoms with van der Waals surface area (Å²) in [5.41, 5.74) is 1.40. The number of halogens is 1. The number of benzene rings is 1. The Morgan fingerprint density at radius 2 is 2.17 bits per heavy atom. The molecule has 0 spiro atoms. The Hall–Kier alpha value is -1.75. The summed E-state index contributed by atoms with van der Waals surface area (Å²) in [6.45, 7) is 4.78. The first kappa shape index (κ1) is 12.7. The predicted molar refractivity (Wildman–Crippen MR) is 68.4 cm³/mol. The summed E-state index contributed by atoms with van der Waals surface area (Å²) in [5, 5.41) is 7.20. The van der Waals surface area contributed by atoms with E-state index in [1.165, 1.54) is 6.33 Å². The second-order valence-electron chi connectivity index (χ2n) is 4.56. The van der Waals surface area contributed by atoms with E-state index in [-0.39, 0.29) is 5.82 Å². The second-order valence-corrected chi connectivity index (χ2v) is 4.56. The van der Waals surface area contributed by atoms with Gasteiger partial charge in [-0.05, 0) is 17.7 Å². The van der Waals surface area contributed by atoms with Gasteiger partial charge in [-0.25, -0.2) is 14.1 Å². The third-order valence-corrected chi connectivity index (χ3v) is 2.70. The van der Waals surface area contributed by atoms with Crippen molar-refractivity contribution in [1.29, 1.82) is 0 Å². The molecule has 0 bridgehead atoms. The maximum absolute atomic E-state index is 14.0. The van der Waals surface area contributed by atoms with Crippen LogP contribution < -0.4 is 5.32 Å². The fourth-order valence-electron chi connectivity index (χ4n) is 1.71. The molecule has 1 N–H and O–H groups in total. The first-order valence-electron chi connectivity index (χ1n) is 5.94. The van der Waals surface area contributed by atoms with E-state index in [0.29, 0.717) is 24.0 Å². The lowest BCUT2D eigenvalue weighted by atomic mass is 10.1. The molecule has 1 heterocycles. The molecular weight excluding hydrogens is 231 g/mol. The van der Waals surface area contributed by atoms with Gasteiger partial charge in [0.2, 0.25) is 0 Å². The van der Waals surface area contributed by atoms with Crippen LogP contribution in [0.3, 0.4) is 0 Å². The first-order chi connectivity index (χ1) is 8.58. The Balaban J connectivity index is 2.23. The Morgan fingerprint density at radius 3 is 2.72 bits per heavy atom. The van der Waals surface area contributed by atoms with E-state index in [4.69, 9.17) is 0 Å². The summed E-state index contributed by atoms with van der Waals surface area (Å²) >= 11 is 0. The van der Waals surface area contributed by atoms with Gasteiger partial charge in [-0.3, -0.25) is 0 Å². The summed E-state index contributed by atoms with van der Waals surface area (Å²) < 4.78 is 15.6. The van der Waals surface area contributed by atoms with Crippen LogP contribution in [0, 0.1) is 5.82 Å². The molecule has 0 radical (unpaired) electrons. The smallest absolute Gasteiger partial charge is 0.160 e. The van der Waals surface area contributed by atoms with Gasteiger partial charge in [0.1, 0.15) is 12.1 Å². The standard InChI is InChI=1S/C13H17FN4/c1-9(2)15-7-10-4-5-11(12(14)6-10)13-16-8-17-18(13)3/h4-6,8-9,15H,7H2,1-3H3. The lowest BCUT2D eigenvalue weighted by Gasteiger charge is -2.09. The lowest BCUT2D eigenvalue weighted by molar-refractivity contribution is 0.581. The van der Waals surface area contributed by atoms with Crippen molar-refractivity contribution in [1.82, 2.24) is 20.1 Å². The Kier molecular flexibility index (Phi) is 3.72. The Morgan fingerprint density at radius 1 is 1.39 bits per heavy atom. The van der Waals surface area contributed by atoms with E-state index in [1.54, 1.807) is 23.9 Å². The highest BCUT2D eigenvalue weighted by Gasteiger charge is 2.10. The van der Waals surface area contributed by atoms with E-state index in [2.05, 4.69) is 29.2 Å². The minimum absolute atomic E-state index is 0.269. The SMILES string of the molecule is CC(C)NCc1ccc(-c2ncnn2C)c(F)c1. The van der Waals surface area contributed by atoms with Crippen LogP contribution in [-0.2, 0) is 13.6 Å². The number of hydrogen-bond donors (Lipinski definition) is 1. The minimum Gasteiger partial charge on any atom is -0.310 e. The van der Waals surface area contributed by atoms with Crippen LogP contribution in [0.1, 0.15) is 19.4 Å². The van der Waals surface area contributed by atoms with E-state index < -0.39 is 0 Å². The molecular formula is C13H17FN4. The van der Waals surface area contributed by atoms with Gasteiger partial charge in [0.05, 0.1) is 5.56 Å². The summed E-state index contributed by atoms with van der Waals surface area (Å²) in [5.74, 6) is 0.269. The van der Waals surface area contributed by atoms with Crippen molar-refractivity contribution in [3.63, 3.8) is 0 Å². The van der Waals surface area contributed by atoms with Crippen LogP contribution in [0.15, 0.2) is 24.5 Å². The molecule has 4 nitrogen and oxygen atoms in total. The van der Waals surface area contributed by atoms with Crippen LogP contribution in [0.2, 0.25) is 0 Å². The molecule has 0 atom stereocenters. The molecule has 96 valence electrons. The summed E-state index contributed by atoms with van der Waals surface area (Å²) in [4.78, 5) is 4.05. The van der Waals surface area contributed by atoms with Crippen molar-refractivity contribution in [3.05, 3.63) is 35.9 Å². The normalized spacial score (nSPS) is 11.2. The molecule has 0 amide bonds. The van der Waals surface area contributed by atoms with Gasteiger partial charge >= 0.3 is 0 Å². The minimum atomic E-state index is -0.269. The molecule has 18 heavy (non-hydrogen) atoms. The fourth-order valence-corrected chi connectivity index (χ4v) is 1.71. The molecule has 5 heteroatoms. The molecule has 0 aliphatic carbocycles. The van der Waals surface area contributed by atoms with Crippen molar-refractivity contribution in [2.45, 2.75) is 26.4 Å². The average molecular weight is 248 g/mol. The number of nitrogens with zero attached hydrogens (tertiary/aromatic N) is 3. The van der Waals surface area contributed by atoms with Crippen LogP contribution in [0.4, 0.5) is 4.39 Å². The molecule has 2 rings (SSSR count). The molecule has 0 aliphatic rings. The van der Waals surface area contributed by atoms with Crippen molar-refractivity contribution in [3.8, 4) is 11.4 Å². The lowest BCUT2D eigenvalue weighted by Crippen LogP contribution is -2.21. The predicted octanol–water partition coefficient (Wildman–Crippen LogP) is 2.12. The summed E-state index contributed by atoms with van der Waals surface area (Å²) in [6.07, 6.45) is 1.42. The molecule has 0 saturated heterocycles. The number of rotatable bonds is 4. The van der Waals surface area contributed by atoms with E-state index >= 15 is 0 Å². The zero-order valence-corrected chi connectivity index (χ0v) is 10.8. The quantitative estimate of drug-likeness (QED) is 0.901. The maximum Gasteiger partial charge on any atom is 0.160 e. The molecule has 1 aromatic carbocycles. The highest BCUT2D eigenvalue weighted by molar-refractivity contribution is 5.56. The van der Waals surface area contributed by atoms with Gasteiger partial charge < -0.3 is 5.32 Å². The largest absolute Gasteiger partial charge is 0.310 e. The van der Waals surface area contributed by atoms with Crippen molar-refractivity contribution in [2.24, 2.45) is 7.05 Å². The van der Waals surface area contributed by atoms with Crippen LogP contribution >= 0.6 is 0 Å². The number of hydrogen-bond acceptors (Lipinski definition) is 3. The molecule has 1 aromatic heterocycles. The van der Waals surface area contributed by atoms with Gasteiger partial charge in [-0.2, -0.15) is 5.10 Å². The molecule has 0 aliphatic heterocycles. The Bertz CT molecular complexity index is 534. The number of nitrogens with one attached hydrogen (secondary N) is 1. The third kappa shape index (κ3) is 2.73. The average Bonchev–Trinajstić information content (AvgIpc) is 2.73. The van der Waals surface area contributed by atoms with Crippen molar-refractivity contribution in [2.75, 3.05) is 0 Å². The zero-order chi connectivity index (χ0) is 13.1. The topological polar surface area (TPSA) is 42.7 Å². The second kappa shape index (κ2) is 5.27. The van der Waals surface area contributed by atoms with E-state index in [0.717, 1.165) is 5.56 Å². The molecule has 0 fully saturated rings. The van der Waals surface area contributed by atoms with Crippen LogP contribution in [0.5, 0.6) is 0 Å². The maximum atomic E-state index is 14.0. The Labute approximate surface area is 106 Å². The van der Waals surface area contributed by atoms with Crippen molar-refractivity contribution < 1.29 is 4.39 Å². The van der Waals surface area contributed by atoms with Gasteiger partial charge in [0.25, 0.3) is 0 Å². The van der Waals surface area contributed by atoms with Crippen molar-refractivity contribution >= 4 is 0 Å². The van der Waals surface area contributed by atoms with E-state index in [9.17, 15) is 4.39 Å². The highest BCUT2D eigenvalue weighted by Crippen LogP contribution is 2.20. The molecule has 2 aromatic rings. The van der Waals surface area contributed by atoms with Gasteiger partial charge in [0.15, 0.2) is 5.82 Å². The molecule has 0 unspecified atom stereocenters. The number of aromatic nitrogens is 3. The van der Waals surface area contributed by atoms with Crippen LogP contribution in [0.25, 0.3) is 11.4 Å². The monoisotopic (exact) mass is 248 g/mol. The first-order valence-corrected chi connectivity index (χ1v) is 5.94. The highest BCUT2D eigenvalue weighted by atomic mass is 19.1. The molecule has 0 saturated carbocycles. The fraction of sp³-hybridized carbons (Fsp3) is 0.385. The summed E-state index contributed by atoms with van der Waals surface area (Å²) in [7, 11) is 1.75. The zero-order valence-electron chi connectivity index (χ0n) is 10.8. The van der Waals surface area contributed by atoms with Gasteiger partial charge in [-0.1, -0.05) is 19.9 Å². The van der Waals surface area contributed by atoms with Gasteiger partial charge in [-0.15, -0.1) is 0 Å². The third-order valence-electron chi connectivity index (χ3n) is 2.70. The van der Waals surface area contributed by atoms with Crippen LogP contribution in [-0.4, -0.2) is 20.8 Å². The van der Waals surface area contributed by atoms with Gasteiger partial charge in [0, 0.05) is 19.6 Å². The van der Waals surface area contributed by atoms with E-state index in [1.807, 2.05) is 6.07 Å². The summed E-state index contributed by atoms with van der Waals surface area (Å²) in [6, 6.07) is 5.57. The number of aryl methyl sites for hydroxylation is 1.